The lowest BCUT2D eigenvalue weighted by Crippen LogP contribution is -2.13. The molecule has 0 radical (unpaired) electrons. The van der Waals surface area contributed by atoms with E-state index in [-0.39, 0.29) is 10.6 Å². The number of methoxy groups -OCH3 is 2. The maximum atomic E-state index is 12.7. The second kappa shape index (κ2) is 8.41. The molecule has 0 unspecified atom stereocenters. The number of ether oxygens (including phenoxy) is 3. The fraction of sp³-hybridized carbons (Fsp3) is 0.100. The fourth-order valence-electron chi connectivity index (χ4n) is 2.42. The van der Waals surface area contributed by atoms with Crippen LogP contribution in [-0.2, 0) is 10.0 Å². The van der Waals surface area contributed by atoms with Crippen molar-refractivity contribution in [2.75, 3.05) is 18.9 Å². The summed E-state index contributed by atoms with van der Waals surface area (Å²) in [5.74, 6) is 1.97. The Morgan fingerprint density at radius 1 is 0.821 bits per heavy atom. The summed E-state index contributed by atoms with van der Waals surface area (Å²) in [6.07, 6.45) is 0. The Labute approximate surface area is 168 Å². The molecule has 3 aromatic rings. The van der Waals surface area contributed by atoms with Crippen LogP contribution < -0.4 is 18.9 Å². The number of hydrogen-bond acceptors (Lipinski definition) is 5. The van der Waals surface area contributed by atoms with Crippen LogP contribution in [-0.4, -0.2) is 22.6 Å². The van der Waals surface area contributed by atoms with E-state index >= 15 is 0 Å². The van der Waals surface area contributed by atoms with Crippen LogP contribution in [0.3, 0.4) is 0 Å². The molecular formula is C20H18ClNO5S. The molecule has 0 aliphatic carbocycles. The second-order valence-electron chi connectivity index (χ2n) is 5.70. The van der Waals surface area contributed by atoms with Gasteiger partial charge in [0.1, 0.15) is 17.2 Å². The molecule has 0 amide bonds. The number of halogens is 1. The van der Waals surface area contributed by atoms with Gasteiger partial charge in [0.2, 0.25) is 0 Å². The molecule has 8 heteroatoms. The molecule has 0 aliphatic rings. The van der Waals surface area contributed by atoms with Crippen LogP contribution in [0.1, 0.15) is 0 Å². The third kappa shape index (κ3) is 4.68. The molecule has 0 aromatic heterocycles. The maximum Gasteiger partial charge on any atom is 0.262 e. The normalized spacial score (nSPS) is 11.0. The Morgan fingerprint density at radius 2 is 1.50 bits per heavy atom. The van der Waals surface area contributed by atoms with E-state index < -0.39 is 10.0 Å². The van der Waals surface area contributed by atoms with Gasteiger partial charge in [0, 0.05) is 11.1 Å². The van der Waals surface area contributed by atoms with Crippen molar-refractivity contribution < 1.29 is 22.6 Å². The minimum absolute atomic E-state index is 0.0839. The van der Waals surface area contributed by atoms with Crippen molar-refractivity contribution >= 4 is 27.3 Å². The largest absolute Gasteiger partial charge is 0.497 e. The van der Waals surface area contributed by atoms with Crippen LogP contribution in [0.2, 0.25) is 5.02 Å². The van der Waals surface area contributed by atoms with Crippen molar-refractivity contribution in [3.63, 3.8) is 0 Å². The smallest absolute Gasteiger partial charge is 0.262 e. The zero-order valence-electron chi connectivity index (χ0n) is 15.2. The minimum Gasteiger partial charge on any atom is -0.497 e. The average molecular weight is 420 g/mol. The summed E-state index contributed by atoms with van der Waals surface area (Å²) >= 11 is 6.06. The van der Waals surface area contributed by atoms with Gasteiger partial charge >= 0.3 is 0 Å². The summed E-state index contributed by atoms with van der Waals surface area (Å²) in [6.45, 7) is 0. The van der Waals surface area contributed by atoms with E-state index in [0.29, 0.717) is 28.0 Å². The number of sulfonamides is 1. The third-order valence-corrected chi connectivity index (χ3v) is 5.44. The molecule has 3 rings (SSSR count). The van der Waals surface area contributed by atoms with Crippen molar-refractivity contribution in [1.29, 1.82) is 0 Å². The first-order valence-electron chi connectivity index (χ1n) is 8.19. The number of hydrogen-bond donors (Lipinski definition) is 1. The molecule has 3 aromatic carbocycles. The van der Waals surface area contributed by atoms with Crippen molar-refractivity contribution in [2.24, 2.45) is 0 Å². The molecule has 28 heavy (non-hydrogen) atoms. The number of nitrogens with one attached hydrogen (secondary N) is 1. The maximum absolute atomic E-state index is 12.7. The van der Waals surface area contributed by atoms with Gasteiger partial charge in [0.15, 0.2) is 5.75 Å². The van der Waals surface area contributed by atoms with Crippen molar-refractivity contribution in [1.82, 2.24) is 0 Å². The molecular weight excluding hydrogens is 402 g/mol. The Hall–Kier alpha value is -2.90. The van der Waals surface area contributed by atoms with Gasteiger partial charge in [0.05, 0.1) is 24.8 Å². The predicted molar refractivity (Wildman–Crippen MR) is 108 cm³/mol. The molecule has 146 valence electrons. The lowest BCUT2D eigenvalue weighted by molar-refractivity contribution is 0.409. The number of rotatable bonds is 7. The first-order valence-corrected chi connectivity index (χ1v) is 10.1. The summed E-state index contributed by atoms with van der Waals surface area (Å²) < 4.78 is 44.1. The lowest BCUT2D eigenvalue weighted by atomic mass is 10.3. The van der Waals surface area contributed by atoms with E-state index in [1.807, 2.05) is 0 Å². The minimum atomic E-state index is -3.85. The highest BCUT2D eigenvalue weighted by Crippen LogP contribution is 2.34. The van der Waals surface area contributed by atoms with Gasteiger partial charge in [-0.2, -0.15) is 0 Å². The van der Waals surface area contributed by atoms with Crippen molar-refractivity contribution in [3.05, 3.63) is 71.8 Å². The van der Waals surface area contributed by atoms with Gasteiger partial charge in [-0.25, -0.2) is 8.42 Å². The highest BCUT2D eigenvalue weighted by molar-refractivity contribution is 7.92. The molecule has 0 heterocycles. The highest BCUT2D eigenvalue weighted by atomic mass is 35.5. The van der Waals surface area contributed by atoms with E-state index in [1.54, 1.807) is 55.6 Å². The van der Waals surface area contributed by atoms with Crippen LogP contribution >= 0.6 is 11.6 Å². The molecule has 0 bridgehead atoms. The van der Waals surface area contributed by atoms with Crippen LogP contribution in [0.5, 0.6) is 23.0 Å². The molecule has 0 fully saturated rings. The first kappa shape index (κ1) is 19.9. The Bertz CT molecular complexity index is 1070. The summed E-state index contributed by atoms with van der Waals surface area (Å²) in [5.41, 5.74) is 0.214. The summed E-state index contributed by atoms with van der Waals surface area (Å²) in [4.78, 5) is 0.0839. The third-order valence-electron chi connectivity index (χ3n) is 3.82. The molecule has 0 aliphatic heterocycles. The van der Waals surface area contributed by atoms with E-state index in [9.17, 15) is 8.42 Å². The van der Waals surface area contributed by atoms with Gasteiger partial charge < -0.3 is 14.2 Å². The van der Waals surface area contributed by atoms with Crippen LogP contribution in [0.4, 0.5) is 5.69 Å². The van der Waals surface area contributed by atoms with Crippen LogP contribution in [0.15, 0.2) is 71.6 Å². The zero-order valence-corrected chi connectivity index (χ0v) is 16.8. The SMILES string of the molecule is COc1ccc(S(=O)(=O)Nc2cc(Cl)ccc2Oc2cccc(OC)c2)cc1. The van der Waals surface area contributed by atoms with E-state index in [4.69, 9.17) is 25.8 Å². The van der Waals surface area contributed by atoms with Crippen molar-refractivity contribution in [3.8, 4) is 23.0 Å². The summed E-state index contributed by atoms with van der Waals surface area (Å²) in [7, 11) is -0.790. The quantitative estimate of drug-likeness (QED) is 0.586. The molecule has 0 spiro atoms. The first-order chi connectivity index (χ1) is 13.4. The molecule has 0 atom stereocenters. The average Bonchev–Trinajstić information content (AvgIpc) is 2.70. The summed E-state index contributed by atoms with van der Waals surface area (Å²) in [6, 6.07) is 17.7. The second-order valence-corrected chi connectivity index (χ2v) is 7.82. The number of benzene rings is 3. The zero-order chi connectivity index (χ0) is 20.1. The fourth-order valence-corrected chi connectivity index (χ4v) is 3.65. The lowest BCUT2D eigenvalue weighted by Gasteiger charge is -2.14. The van der Waals surface area contributed by atoms with Crippen LogP contribution in [0, 0.1) is 0 Å². The van der Waals surface area contributed by atoms with Crippen molar-refractivity contribution in [2.45, 2.75) is 4.90 Å². The predicted octanol–water partition coefficient (Wildman–Crippen LogP) is 4.95. The van der Waals surface area contributed by atoms with Gasteiger partial charge in [0.25, 0.3) is 10.0 Å². The number of anilines is 1. The van der Waals surface area contributed by atoms with Gasteiger partial charge in [-0.15, -0.1) is 0 Å². The standard InChI is InChI=1S/C20H18ClNO5S/c1-25-15-7-9-18(10-8-15)28(23,24)22-19-12-14(21)6-11-20(19)27-17-5-3-4-16(13-17)26-2/h3-13,22H,1-2H3. The Morgan fingerprint density at radius 3 is 2.18 bits per heavy atom. The molecule has 6 nitrogen and oxygen atoms in total. The molecule has 1 N–H and O–H groups in total. The Kier molecular flexibility index (Phi) is 5.96. The van der Waals surface area contributed by atoms with Gasteiger partial charge in [-0.1, -0.05) is 17.7 Å². The Balaban J connectivity index is 1.91. The van der Waals surface area contributed by atoms with E-state index in [2.05, 4.69) is 4.72 Å². The molecule has 0 saturated heterocycles. The van der Waals surface area contributed by atoms with Gasteiger partial charge in [-0.05, 0) is 54.6 Å². The topological polar surface area (TPSA) is 73.9 Å². The summed E-state index contributed by atoms with van der Waals surface area (Å²) in [5, 5.41) is 0.366. The van der Waals surface area contributed by atoms with Gasteiger partial charge in [-0.3, -0.25) is 4.72 Å². The van der Waals surface area contributed by atoms with Crippen LogP contribution in [0.25, 0.3) is 0 Å². The highest BCUT2D eigenvalue weighted by Gasteiger charge is 2.18. The molecule has 0 saturated carbocycles. The monoisotopic (exact) mass is 419 g/mol. The van der Waals surface area contributed by atoms with E-state index in [0.717, 1.165) is 0 Å². The van der Waals surface area contributed by atoms with E-state index in [1.165, 1.54) is 25.3 Å².